The van der Waals surface area contributed by atoms with Gasteiger partial charge in [-0.3, -0.25) is 0 Å². The summed E-state index contributed by atoms with van der Waals surface area (Å²) in [5, 5.41) is 0. The minimum absolute atomic E-state index is 0.0207. The first-order valence-electron chi connectivity index (χ1n) is 5.96. The van der Waals surface area contributed by atoms with E-state index >= 15 is 0 Å². The average Bonchev–Trinajstić information content (AvgIpc) is 1.92. The second kappa shape index (κ2) is 5.69. The highest BCUT2D eigenvalue weighted by Crippen LogP contribution is 2.17. The largest absolute Gasteiger partial charge is 0.373 e. The quantitative estimate of drug-likeness (QED) is 0.620. The lowest BCUT2D eigenvalue weighted by molar-refractivity contribution is -0.0537. The third-order valence-corrected chi connectivity index (χ3v) is 1.91. The fraction of sp³-hybridized carbons (Fsp3) is 0.857. The van der Waals surface area contributed by atoms with Crippen LogP contribution in [0.15, 0.2) is 12.2 Å². The number of hydrogen-bond acceptors (Lipinski definition) is 1. The maximum Gasteiger partial charge on any atom is 0.0602 e. The molecule has 0 fully saturated rings. The predicted molar refractivity (Wildman–Crippen MR) is 68.1 cm³/mol. The molecule has 90 valence electrons. The van der Waals surface area contributed by atoms with Crippen LogP contribution in [0.25, 0.3) is 0 Å². The van der Waals surface area contributed by atoms with Crippen molar-refractivity contribution in [2.75, 3.05) is 0 Å². The van der Waals surface area contributed by atoms with Crippen molar-refractivity contribution in [3.05, 3.63) is 12.2 Å². The van der Waals surface area contributed by atoms with Gasteiger partial charge in [-0.05, 0) is 46.0 Å². The van der Waals surface area contributed by atoms with Crippen molar-refractivity contribution in [3.8, 4) is 0 Å². The first-order chi connectivity index (χ1) is 6.60. The molecule has 0 bridgehead atoms. The van der Waals surface area contributed by atoms with E-state index in [0.717, 1.165) is 12.8 Å². The van der Waals surface area contributed by atoms with Gasteiger partial charge in [0.25, 0.3) is 0 Å². The molecule has 1 unspecified atom stereocenters. The van der Waals surface area contributed by atoms with Crippen molar-refractivity contribution < 1.29 is 4.74 Å². The Labute approximate surface area is 95.9 Å². The maximum absolute atomic E-state index is 5.84. The van der Waals surface area contributed by atoms with Crippen LogP contribution in [-0.4, -0.2) is 11.7 Å². The molecular formula is C14H28O. The minimum Gasteiger partial charge on any atom is -0.373 e. The summed E-state index contributed by atoms with van der Waals surface area (Å²) in [6.45, 7) is 15.1. The molecule has 0 aromatic rings. The lowest BCUT2D eigenvalue weighted by Gasteiger charge is -2.24. The molecule has 15 heavy (non-hydrogen) atoms. The Hall–Kier alpha value is -0.300. The Kier molecular flexibility index (Phi) is 5.58. The first-order valence-corrected chi connectivity index (χ1v) is 5.96. The molecule has 0 saturated carbocycles. The third-order valence-electron chi connectivity index (χ3n) is 1.91. The summed E-state index contributed by atoms with van der Waals surface area (Å²) < 4.78 is 5.84. The molecular weight excluding hydrogens is 184 g/mol. The van der Waals surface area contributed by atoms with E-state index in [1.807, 2.05) is 0 Å². The highest BCUT2D eigenvalue weighted by atomic mass is 16.5. The highest BCUT2D eigenvalue weighted by Gasteiger charge is 2.14. The number of rotatable bonds is 4. The zero-order valence-electron chi connectivity index (χ0n) is 11.6. The van der Waals surface area contributed by atoms with E-state index in [2.05, 4.69) is 60.6 Å². The molecule has 0 rings (SSSR count). The molecule has 0 aliphatic carbocycles. The van der Waals surface area contributed by atoms with Gasteiger partial charge < -0.3 is 4.74 Å². The smallest absolute Gasteiger partial charge is 0.0602 e. The van der Waals surface area contributed by atoms with E-state index in [0.29, 0.717) is 11.5 Å². The summed E-state index contributed by atoms with van der Waals surface area (Å²) in [4.78, 5) is 0. The molecule has 0 saturated heterocycles. The second-order valence-corrected chi connectivity index (χ2v) is 6.39. The van der Waals surface area contributed by atoms with Crippen LogP contribution in [0, 0.1) is 5.41 Å². The molecule has 0 amide bonds. The lowest BCUT2D eigenvalue weighted by Crippen LogP contribution is -2.25. The molecule has 0 aliphatic heterocycles. The van der Waals surface area contributed by atoms with E-state index in [9.17, 15) is 0 Å². The molecule has 0 aliphatic rings. The van der Waals surface area contributed by atoms with Crippen molar-refractivity contribution in [2.24, 2.45) is 5.41 Å². The number of ether oxygens (including phenoxy) is 1. The summed E-state index contributed by atoms with van der Waals surface area (Å²) in [6.07, 6.45) is 7.09. The van der Waals surface area contributed by atoms with Crippen LogP contribution in [-0.2, 0) is 4.74 Å². The monoisotopic (exact) mass is 212 g/mol. The lowest BCUT2D eigenvalue weighted by atomic mass is 9.95. The molecule has 1 heteroatoms. The molecule has 0 aromatic carbocycles. The van der Waals surface area contributed by atoms with Crippen molar-refractivity contribution in [3.63, 3.8) is 0 Å². The Balaban J connectivity index is 3.74. The standard InChI is InChI=1S/C14H28O/c1-12(15-14(5,6)7)10-8-9-11-13(2,3)4/h9,11-12H,8,10H2,1-7H3. The normalized spacial score (nSPS) is 15.9. The molecule has 0 spiro atoms. The van der Waals surface area contributed by atoms with E-state index < -0.39 is 0 Å². The van der Waals surface area contributed by atoms with E-state index in [4.69, 9.17) is 4.74 Å². The molecule has 0 heterocycles. The van der Waals surface area contributed by atoms with Crippen molar-refractivity contribution in [2.45, 2.75) is 73.0 Å². The van der Waals surface area contributed by atoms with Crippen molar-refractivity contribution in [1.82, 2.24) is 0 Å². The summed E-state index contributed by atoms with van der Waals surface area (Å²) in [5.74, 6) is 0. The van der Waals surface area contributed by atoms with Crippen LogP contribution in [0.3, 0.4) is 0 Å². The molecule has 1 atom stereocenters. The number of allylic oxidation sites excluding steroid dienone is 2. The summed E-state index contributed by atoms with van der Waals surface area (Å²) in [5.41, 5.74) is 0.279. The van der Waals surface area contributed by atoms with Gasteiger partial charge in [0.2, 0.25) is 0 Å². The fourth-order valence-electron chi connectivity index (χ4n) is 1.43. The van der Waals surface area contributed by atoms with Gasteiger partial charge in [0.15, 0.2) is 0 Å². The van der Waals surface area contributed by atoms with Gasteiger partial charge in [-0.2, -0.15) is 0 Å². The third kappa shape index (κ3) is 11.6. The SMILES string of the molecule is CC(CCC=CC(C)(C)C)OC(C)(C)C. The Bertz CT molecular complexity index is 190. The van der Waals surface area contributed by atoms with Crippen LogP contribution in [0.4, 0.5) is 0 Å². The van der Waals surface area contributed by atoms with Gasteiger partial charge in [0.1, 0.15) is 0 Å². The van der Waals surface area contributed by atoms with E-state index in [-0.39, 0.29) is 5.60 Å². The topological polar surface area (TPSA) is 9.23 Å². The fourth-order valence-corrected chi connectivity index (χ4v) is 1.43. The molecule has 0 radical (unpaired) electrons. The van der Waals surface area contributed by atoms with Crippen molar-refractivity contribution >= 4 is 0 Å². The summed E-state index contributed by atoms with van der Waals surface area (Å²) in [7, 11) is 0. The molecule has 0 aromatic heterocycles. The van der Waals surface area contributed by atoms with Gasteiger partial charge in [0.05, 0.1) is 11.7 Å². The van der Waals surface area contributed by atoms with Gasteiger partial charge >= 0.3 is 0 Å². The molecule has 1 nitrogen and oxygen atoms in total. The van der Waals surface area contributed by atoms with Crippen LogP contribution >= 0.6 is 0 Å². The average molecular weight is 212 g/mol. The Morgan fingerprint density at radius 2 is 1.60 bits per heavy atom. The van der Waals surface area contributed by atoms with E-state index in [1.165, 1.54) is 0 Å². The Morgan fingerprint density at radius 3 is 2.00 bits per heavy atom. The number of hydrogen-bond donors (Lipinski definition) is 0. The zero-order valence-corrected chi connectivity index (χ0v) is 11.6. The Morgan fingerprint density at radius 1 is 1.07 bits per heavy atom. The van der Waals surface area contributed by atoms with Crippen LogP contribution in [0.2, 0.25) is 0 Å². The minimum atomic E-state index is -0.0207. The maximum atomic E-state index is 5.84. The van der Waals surface area contributed by atoms with Crippen LogP contribution < -0.4 is 0 Å². The van der Waals surface area contributed by atoms with Crippen molar-refractivity contribution in [1.29, 1.82) is 0 Å². The van der Waals surface area contributed by atoms with Crippen LogP contribution in [0.1, 0.15) is 61.3 Å². The summed E-state index contributed by atoms with van der Waals surface area (Å²) in [6, 6.07) is 0. The van der Waals surface area contributed by atoms with Gasteiger partial charge in [-0.15, -0.1) is 0 Å². The van der Waals surface area contributed by atoms with Gasteiger partial charge in [-0.1, -0.05) is 32.9 Å². The van der Waals surface area contributed by atoms with Crippen LogP contribution in [0.5, 0.6) is 0 Å². The zero-order chi connectivity index (χ0) is 12.1. The summed E-state index contributed by atoms with van der Waals surface area (Å²) >= 11 is 0. The van der Waals surface area contributed by atoms with E-state index in [1.54, 1.807) is 0 Å². The highest BCUT2D eigenvalue weighted by molar-refractivity contribution is 4.92. The first kappa shape index (κ1) is 14.7. The second-order valence-electron chi connectivity index (χ2n) is 6.39. The van der Waals surface area contributed by atoms with Gasteiger partial charge in [0, 0.05) is 0 Å². The van der Waals surface area contributed by atoms with Gasteiger partial charge in [-0.25, -0.2) is 0 Å². The predicted octanol–water partition coefficient (Wildman–Crippen LogP) is 4.57. The molecule has 0 N–H and O–H groups in total.